The summed E-state index contributed by atoms with van der Waals surface area (Å²) in [5, 5.41) is 6.65. The number of aromatic nitrogens is 1. The van der Waals surface area contributed by atoms with Gasteiger partial charge in [0.15, 0.2) is 0 Å². The lowest BCUT2D eigenvalue weighted by Gasteiger charge is -2.09. The molecule has 2 aromatic rings. The van der Waals surface area contributed by atoms with Gasteiger partial charge in [0.1, 0.15) is 5.82 Å². The molecule has 0 aliphatic rings. The smallest absolute Gasteiger partial charge is 0.411 e. The number of carbonyl (C=O) groups excluding carboxylic acids is 1. The molecule has 1 aromatic carbocycles. The minimum absolute atomic E-state index is 0.527. The zero-order valence-corrected chi connectivity index (χ0v) is 12.0. The number of benzene rings is 1. The zero-order valence-electron chi connectivity index (χ0n) is 10.5. The van der Waals surface area contributed by atoms with Gasteiger partial charge in [-0.3, -0.25) is 5.32 Å². The van der Waals surface area contributed by atoms with Crippen LogP contribution in [0.15, 0.2) is 36.5 Å². The highest BCUT2D eigenvalue weighted by Gasteiger charge is 2.04. The van der Waals surface area contributed by atoms with E-state index in [1.54, 1.807) is 30.3 Å². The number of ether oxygens (including phenoxy) is 1. The van der Waals surface area contributed by atoms with Gasteiger partial charge in [-0.05, 0) is 30.3 Å². The van der Waals surface area contributed by atoms with Crippen molar-refractivity contribution in [3.05, 3.63) is 46.6 Å². The molecule has 0 saturated heterocycles. The number of amides is 1. The molecule has 0 saturated carbocycles. The van der Waals surface area contributed by atoms with Gasteiger partial charge in [-0.1, -0.05) is 23.2 Å². The van der Waals surface area contributed by atoms with Crippen LogP contribution in [0.5, 0.6) is 0 Å². The maximum Gasteiger partial charge on any atom is 0.411 e. The Morgan fingerprint density at radius 1 is 1.25 bits per heavy atom. The third kappa shape index (κ3) is 3.76. The van der Waals surface area contributed by atoms with Crippen molar-refractivity contribution in [1.82, 2.24) is 4.98 Å². The average Bonchev–Trinajstić information content (AvgIpc) is 2.45. The van der Waals surface area contributed by atoms with Gasteiger partial charge < -0.3 is 10.1 Å². The quantitative estimate of drug-likeness (QED) is 0.886. The highest BCUT2D eigenvalue weighted by Crippen LogP contribution is 2.27. The Bertz CT molecular complexity index is 618. The molecule has 2 rings (SSSR count). The molecule has 2 N–H and O–H groups in total. The SMILES string of the molecule is COC(=O)Nc1ccc(Nc2cc(Cl)ccc2Cl)nc1. The van der Waals surface area contributed by atoms with E-state index in [1.807, 2.05) is 0 Å². The van der Waals surface area contributed by atoms with Crippen molar-refractivity contribution in [2.75, 3.05) is 17.7 Å². The number of methoxy groups -OCH3 is 1. The average molecular weight is 312 g/mol. The summed E-state index contributed by atoms with van der Waals surface area (Å²) in [5.74, 6) is 0.574. The molecule has 1 amide bonds. The van der Waals surface area contributed by atoms with E-state index in [-0.39, 0.29) is 0 Å². The predicted molar refractivity (Wildman–Crippen MR) is 80.0 cm³/mol. The molecule has 0 aliphatic heterocycles. The number of anilines is 3. The molecule has 0 fully saturated rings. The zero-order chi connectivity index (χ0) is 14.5. The highest BCUT2D eigenvalue weighted by molar-refractivity contribution is 6.35. The first-order chi connectivity index (χ1) is 9.58. The summed E-state index contributed by atoms with van der Waals surface area (Å²) < 4.78 is 4.48. The summed E-state index contributed by atoms with van der Waals surface area (Å²) in [7, 11) is 1.29. The van der Waals surface area contributed by atoms with Crippen LogP contribution in [0.25, 0.3) is 0 Å². The van der Waals surface area contributed by atoms with Gasteiger partial charge in [-0.2, -0.15) is 0 Å². The van der Waals surface area contributed by atoms with Crippen LogP contribution in [0, 0.1) is 0 Å². The molecule has 0 unspecified atom stereocenters. The monoisotopic (exact) mass is 311 g/mol. The second-order valence-corrected chi connectivity index (χ2v) is 4.64. The van der Waals surface area contributed by atoms with E-state index in [0.717, 1.165) is 0 Å². The van der Waals surface area contributed by atoms with Crippen molar-refractivity contribution in [2.24, 2.45) is 0 Å². The number of nitrogens with one attached hydrogen (secondary N) is 2. The minimum atomic E-state index is -0.551. The summed E-state index contributed by atoms with van der Waals surface area (Å²) in [6.07, 6.45) is 0.947. The Morgan fingerprint density at radius 2 is 2.05 bits per heavy atom. The normalized spacial score (nSPS) is 9.95. The fourth-order valence-electron chi connectivity index (χ4n) is 1.44. The van der Waals surface area contributed by atoms with Crippen LogP contribution in [0.4, 0.5) is 22.0 Å². The van der Waals surface area contributed by atoms with Crippen LogP contribution in [-0.4, -0.2) is 18.2 Å². The number of halogens is 2. The van der Waals surface area contributed by atoms with Gasteiger partial charge in [0, 0.05) is 5.02 Å². The fraction of sp³-hybridized carbons (Fsp3) is 0.0769. The maximum absolute atomic E-state index is 11.0. The molecular weight excluding hydrogens is 301 g/mol. The lowest BCUT2D eigenvalue weighted by Crippen LogP contribution is -2.11. The molecule has 1 aromatic heterocycles. The van der Waals surface area contributed by atoms with Crippen molar-refractivity contribution in [3.63, 3.8) is 0 Å². The van der Waals surface area contributed by atoms with E-state index in [4.69, 9.17) is 23.2 Å². The van der Waals surface area contributed by atoms with Crippen molar-refractivity contribution < 1.29 is 9.53 Å². The van der Waals surface area contributed by atoms with Crippen LogP contribution in [0.3, 0.4) is 0 Å². The largest absolute Gasteiger partial charge is 0.453 e. The summed E-state index contributed by atoms with van der Waals surface area (Å²) in [6, 6.07) is 8.48. The molecule has 5 nitrogen and oxygen atoms in total. The Kier molecular flexibility index (Phi) is 4.65. The van der Waals surface area contributed by atoms with E-state index >= 15 is 0 Å². The second kappa shape index (κ2) is 6.45. The molecular formula is C13H11Cl2N3O2. The number of hydrogen-bond acceptors (Lipinski definition) is 4. The molecule has 104 valence electrons. The van der Waals surface area contributed by atoms with Gasteiger partial charge >= 0.3 is 6.09 Å². The van der Waals surface area contributed by atoms with Gasteiger partial charge in [-0.25, -0.2) is 9.78 Å². The van der Waals surface area contributed by atoms with Crippen LogP contribution in [0.2, 0.25) is 10.0 Å². The summed E-state index contributed by atoms with van der Waals surface area (Å²) in [4.78, 5) is 15.2. The predicted octanol–water partition coefficient (Wildman–Crippen LogP) is 4.31. The van der Waals surface area contributed by atoms with Crippen molar-refractivity contribution in [1.29, 1.82) is 0 Å². The standard InChI is InChI=1S/C13H11Cl2N3O2/c1-20-13(19)17-9-3-5-12(16-7-9)18-11-6-8(14)2-4-10(11)15/h2-7H,1H3,(H,16,18)(H,17,19). The van der Waals surface area contributed by atoms with Crippen LogP contribution < -0.4 is 10.6 Å². The first-order valence-corrected chi connectivity index (χ1v) is 6.37. The Hall–Kier alpha value is -1.98. The molecule has 1 heterocycles. The van der Waals surface area contributed by atoms with Crippen molar-refractivity contribution in [2.45, 2.75) is 0 Å². The number of rotatable bonds is 3. The van der Waals surface area contributed by atoms with E-state index in [9.17, 15) is 4.79 Å². The number of nitrogens with zero attached hydrogens (tertiary/aromatic N) is 1. The first kappa shape index (κ1) is 14.4. The molecule has 7 heteroatoms. The summed E-state index contributed by atoms with van der Waals surface area (Å²) in [5.41, 5.74) is 1.18. The molecule has 20 heavy (non-hydrogen) atoms. The van der Waals surface area contributed by atoms with E-state index < -0.39 is 6.09 Å². The highest BCUT2D eigenvalue weighted by atomic mass is 35.5. The number of carbonyl (C=O) groups is 1. The lowest BCUT2D eigenvalue weighted by molar-refractivity contribution is 0.187. The van der Waals surface area contributed by atoms with Crippen molar-refractivity contribution >= 4 is 46.5 Å². The van der Waals surface area contributed by atoms with Gasteiger partial charge in [0.25, 0.3) is 0 Å². The van der Waals surface area contributed by atoms with E-state index in [2.05, 4.69) is 20.4 Å². The van der Waals surface area contributed by atoms with Crippen LogP contribution >= 0.6 is 23.2 Å². The number of pyridine rings is 1. The van der Waals surface area contributed by atoms with Gasteiger partial charge in [0.05, 0.1) is 29.7 Å². The third-order valence-electron chi connectivity index (χ3n) is 2.39. The Morgan fingerprint density at radius 3 is 2.70 bits per heavy atom. The second-order valence-electron chi connectivity index (χ2n) is 3.80. The number of hydrogen-bond donors (Lipinski definition) is 2. The Balaban J connectivity index is 2.10. The molecule has 0 spiro atoms. The molecule has 0 aliphatic carbocycles. The van der Waals surface area contributed by atoms with Gasteiger partial charge in [-0.15, -0.1) is 0 Å². The first-order valence-electron chi connectivity index (χ1n) is 5.61. The Labute approximate surface area is 125 Å². The third-order valence-corrected chi connectivity index (χ3v) is 2.95. The summed E-state index contributed by atoms with van der Waals surface area (Å²) >= 11 is 11.9. The van der Waals surface area contributed by atoms with E-state index in [0.29, 0.717) is 27.2 Å². The molecule has 0 bridgehead atoms. The topological polar surface area (TPSA) is 63.2 Å². The minimum Gasteiger partial charge on any atom is -0.453 e. The van der Waals surface area contributed by atoms with E-state index in [1.165, 1.54) is 13.3 Å². The van der Waals surface area contributed by atoms with Crippen LogP contribution in [-0.2, 0) is 4.74 Å². The maximum atomic E-state index is 11.0. The van der Waals surface area contributed by atoms with Crippen molar-refractivity contribution in [3.8, 4) is 0 Å². The summed E-state index contributed by atoms with van der Waals surface area (Å²) in [6.45, 7) is 0. The van der Waals surface area contributed by atoms with Crippen LogP contribution in [0.1, 0.15) is 0 Å². The fourth-order valence-corrected chi connectivity index (χ4v) is 1.78. The molecule has 0 atom stereocenters. The lowest BCUT2D eigenvalue weighted by atomic mass is 10.3. The van der Waals surface area contributed by atoms with Gasteiger partial charge in [0.2, 0.25) is 0 Å². The molecule has 0 radical (unpaired) electrons.